The first-order valence-electron chi connectivity index (χ1n) is 12.2. The predicted octanol–water partition coefficient (Wildman–Crippen LogP) is 5.86. The van der Waals surface area contributed by atoms with Crippen molar-refractivity contribution in [3.63, 3.8) is 0 Å². The Labute approximate surface area is 253 Å². The summed E-state index contributed by atoms with van der Waals surface area (Å²) < 4.78 is 17.5. The normalized spacial score (nSPS) is 13.8. The summed E-state index contributed by atoms with van der Waals surface area (Å²) in [6.07, 6.45) is 1.57. The van der Waals surface area contributed by atoms with E-state index in [0.29, 0.717) is 38.7 Å². The van der Waals surface area contributed by atoms with Crippen molar-refractivity contribution < 1.29 is 33.5 Å². The van der Waals surface area contributed by atoms with Crippen LogP contribution in [0.25, 0.3) is 6.08 Å². The van der Waals surface area contributed by atoms with Crippen molar-refractivity contribution >= 4 is 68.9 Å². The lowest BCUT2D eigenvalue weighted by Gasteiger charge is -2.15. The van der Waals surface area contributed by atoms with Crippen LogP contribution in [0.2, 0.25) is 0 Å². The van der Waals surface area contributed by atoms with E-state index in [1.807, 2.05) is 6.92 Å². The molecule has 0 bridgehead atoms. The van der Waals surface area contributed by atoms with Gasteiger partial charge in [0.1, 0.15) is 18.9 Å². The fraction of sp³-hybridized carbons (Fsp3) is 0.179. The summed E-state index contributed by atoms with van der Waals surface area (Å²) in [7, 11) is 1.53. The number of nitrogens with zero attached hydrogens (tertiary/aromatic N) is 2. The number of hydrogen-bond acceptors (Lipinski definition) is 9. The van der Waals surface area contributed by atoms with Gasteiger partial charge in [-0.05, 0) is 107 Å². The number of carbonyl (C=O) groups excluding carboxylic acids is 3. The Morgan fingerprint density at radius 3 is 2.44 bits per heavy atom. The Morgan fingerprint density at radius 1 is 1.10 bits per heavy atom. The van der Waals surface area contributed by atoms with Gasteiger partial charge in [-0.2, -0.15) is 0 Å². The zero-order valence-electron chi connectivity index (χ0n) is 21.9. The van der Waals surface area contributed by atoms with E-state index in [9.17, 15) is 24.5 Å². The first-order valence-corrected chi connectivity index (χ1v) is 14.1. The average Bonchev–Trinajstić information content (AvgIpc) is 3.20. The molecule has 13 heteroatoms. The number of nitro benzene ring substituents is 1. The third-order valence-electron chi connectivity index (χ3n) is 5.71. The third-order valence-corrected chi connectivity index (χ3v) is 7.42. The van der Waals surface area contributed by atoms with Crippen molar-refractivity contribution in [2.75, 3.05) is 25.6 Å². The van der Waals surface area contributed by atoms with E-state index in [1.54, 1.807) is 54.6 Å². The molecule has 1 aliphatic heterocycles. The van der Waals surface area contributed by atoms with Gasteiger partial charge in [-0.1, -0.05) is 0 Å². The number of methoxy groups -OCH3 is 1. The lowest BCUT2D eigenvalue weighted by molar-refractivity contribution is -0.384. The van der Waals surface area contributed by atoms with E-state index in [1.165, 1.54) is 19.2 Å². The number of thioether (sulfide) groups is 1. The number of rotatable bonds is 11. The average molecular weight is 689 g/mol. The molecule has 0 aliphatic carbocycles. The molecule has 0 unspecified atom stereocenters. The molecule has 4 rings (SSSR count). The van der Waals surface area contributed by atoms with Gasteiger partial charge in [-0.15, -0.1) is 0 Å². The second-order valence-electron chi connectivity index (χ2n) is 8.52. The van der Waals surface area contributed by atoms with Crippen LogP contribution in [-0.4, -0.2) is 47.1 Å². The zero-order chi connectivity index (χ0) is 29.5. The van der Waals surface area contributed by atoms with Gasteiger partial charge in [-0.25, -0.2) is 0 Å². The van der Waals surface area contributed by atoms with Crippen LogP contribution >= 0.6 is 34.4 Å². The molecule has 3 amide bonds. The Hall–Kier alpha value is -4.11. The topological polar surface area (TPSA) is 137 Å². The molecule has 1 aliphatic rings. The maximum absolute atomic E-state index is 13.0. The number of halogens is 1. The number of carbonyl (C=O) groups is 3. The quantitative estimate of drug-likeness (QED) is 0.114. The van der Waals surface area contributed by atoms with E-state index in [2.05, 4.69) is 27.9 Å². The molecule has 0 saturated carbocycles. The van der Waals surface area contributed by atoms with Gasteiger partial charge in [-0.3, -0.25) is 29.4 Å². The van der Waals surface area contributed by atoms with Crippen molar-refractivity contribution in [3.05, 3.63) is 90.4 Å². The highest BCUT2D eigenvalue weighted by Crippen LogP contribution is 2.38. The summed E-state index contributed by atoms with van der Waals surface area (Å²) in [6.45, 7) is 1.91. The molecule has 1 heterocycles. The highest BCUT2D eigenvalue weighted by molar-refractivity contribution is 14.1. The van der Waals surface area contributed by atoms with Gasteiger partial charge >= 0.3 is 0 Å². The number of amides is 3. The number of anilines is 1. The largest absolute Gasteiger partial charge is 0.497 e. The fourth-order valence-corrected chi connectivity index (χ4v) is 5.37. The van der Waals surface area contributed by atoms with Crippen LogP contribution in [-0.2, 0) is 16.2 Å². The standard InChI is InChI=1S/C28H24IN3O8S/c1-3-39-23-13-18(12-22(29)26(23)40-16-17-4-8-20(9-5-17)32(36)37)14-24-27(34)31(28(35)41-24)15-25(33)30-19-6-10-21(38-2)11-7-19/h4-14H,3,15-16H2,1-2H3,(H,30,33)/b24-14+. The van der Waals surface area contributed by atoms with Crippen molar-refractivity contribution in [2.24, 2.45) is 0 Å². The third kappa shape index (κ3) is 7.55. The number of nitro groups is 1. The molecule has 1 saturated heterocycles. The van der Waals surface area contributed by atoms with Crippen molar-refractivity contribution in [1.82, 2.24) is 4.90 Å². The Bertz CT molecular complexity index is 1510. The van der Waals surface area contributed by atoms with E-state index in [4.69, 9.17) is 14.2 Å². The molecule has 3 aromatic rings. The Morgan fingerprint density at radius 2 is 1.80 bits per heavy atom. The van der Waals surface area contributed by atoms with Crippen LogP contribution in [0.5, 0.6) is 17.2 Å². The second kappa shape index (κ2) is 13.5. The summed E-state index contributed by atoms with van der Waals surface area (Å²) >= 11 is 2.83. The first-order chi connectivity index (χ1) is 19.7. The van der Waals surface area contributed by atoms with Crippen molar-refractivity contribution in [3.8, 4) is 17.2 Å². The number of nitrogens with one attached hydrogen (secondary N) is 1. The van der Waals surface area contributed by atoms with Gasteiger partial charge in [0.2, 0.25) is 5.91 Å². The minimum Gasteiger partial charge on any atom is -0.497 e. The molecule has 212 valence electrons. The summed E-state index contributed by atoms with van der Waals surface area (Å²) in [5, 5.41) is 13.0. The maximum atomic E-state index is 13.0. The first kappa shape index (κ1) is 29.9. The van der Waals surface area contributed by atoms with Crippen molar-refractivity contribution in [1.29, 1.82) is 0 Å². The van der Waals surface area contributed by atoms with Gasteiger partial charge in [0.15, 0.2) is 11.5 Å². The highest BCUT2D eigenvalue weighted by Gasteiger charge is 2.36. The van der Waals surface area contributed by atoms with Crippen LogP contribution in [0.15, 0.2) is 65.6 Å². The molecule has 0 atom stereocenters. The molecule has 0 radical (unpaired) electrons. The van der Waals surface area contributed by atoms with E-state index in [-0.39, 0.29) is 17.2 Å². The monoisotopic (exact) mass is 689 g/mol. The van der Waals surface area contributed by atoms with Crippen LogP contribution < -0.4 is 19.5 Å². The molecule has 41 heavy (non-hydrogen) atoms. The zero-order valence-corrected chi connectivity index (χ0v) is 24.9. The van der Waals surface area contributed by atoms with E-state index < -0.39 is 28.5 Å². The lowest BCUT2D eigenvalue weighted by Crippen LogP contribution is -2.36. The van der Waals surface area contributed by atoms with Crippen LogP contribution in [0.1, 0.15) is 18.1 Å². The predicted molar refractivity (Wildman–Crippen MR) is 162 cm³/mol. The molecule has 1 N–H and O–H groups in total. The molecule has 11 nitrogen and oxygen atoms in total. The van der Waals surface area contributed by atoms with Crippen molar-refractivity contribution in [2.45, 2.75) is 13.5 Å². The summed E-state index contributed by atoms with van der Waals surface area (Å²) in [5.41, 5.74) is 1.84. The molecular weight excluding hydrogens is 665 g/mol. The number of benzene rings is 3. The van der Waals surface area contributed by atoms with E-state index >= 15 is 0 Å². The number of non-ortho nitro benzene ring substituents is 1. The molecule has 0 aromatic heterocycles. The molecule has 1 fully saturated rings. The summed E-state index contributed by atoms with van der Waals surface area (Å²) in [6, 6.07) is 16.2. The SMILES string of the molecule is CCOc1cc(/C=C2/SC(=O)N(CC(=O)Nc3ccc(OC)cc3)C2=O)cc(I)c1OCc1ccc([N+](=O)[O-])cc1. The molecular formula is C28H24IN3O8S. The lowest BCUT2D eigenvalue weighted by atomic mass is 10.1. The number of hydrogen-bond donors (Lipinski definition) is 1. The van der Waals surface area contributed by atoms with Crippen LogP contribution in [0.4, 0.5) is 16.2 Å². The molecule has 0 spiro atoms. The van der Waals surface area contributed by atoms with Gasteiger partial charge in [0, 0.05) is 17.8 Å². The minimum absolute atomic E-state index is 0.00929. The maximum Gasteiger partial charge on any atom is 0.294 e. The summed E-state index contributed by atoms with van der Waals surface area (Å²) in [4.78, 5) is 49.6. The fourth-order valence-electron chi connectivity index (χ4n) is 3.75. The van der Waals surface area contributed by atoms with Crippen LogP contribution in [0.3, 0.4) is 0 Å². The Kier molecular flexibility index (Phi) is 9.83. The second-order valence-corrected chi connectivity index (χ2v) is 10.7. The smallest absolute Gasteiger partial charge is 0.294 e. The Balaban J connectivity index is 1.46. The minimum atomic E-state index is -0.573. The van der Waals surface area contributed by atoms with Gasteiger partial charge in [0.05, 0.1) is 27.1 Å². The number of ether oxygens (including phenoxy) is 3. The van der Waals surface area contributed by atoms with E-state index in [0.717, 1.165) is 22.2 Å². The summed E-state index contributed by atoms with van der Waals surface area (Å²) in [5.74, 6) is 0.458. The van der Waals surface area contributed by atoms with Gasteiger partial charge in [0.25, 0.3) is 16.8 Å². The molecule has 3 aromatic carbocycles. The van der Waals surface area contributed by atoms with Crippen LogP contribution in [0, 0.1) is 13.7 Å². The number of imide groups is 1. The highest BCUT2D eigenvalue weighted by atomic mass is 127. The van der Waals surface area contributed by atoms with Gasteiger partial charge < -0.3 is 19.5 Å².